The van der Waals surface area contributed by atoms with E-state index in [1.54, 1.807) is 0 Å². The summed E-state index contributed by atoms with van der Waals surface area (Å²) in [4.78, 5) is 13.6. The van der Waals surface area contributed by atoms with Crippen LogP contribution >= 0.6 is 0 Å². The second-order valence-corrected chi connectivity index (χ2v) is 5.29. The van der Waals surface area contributed by atoms with Crippen LogP contribution < -0.4 is 5.32 Å². The SMILES string of the molecule is CC(C)(C)NC(=O)N1CCC(CCO)C1. The normalized spacial score (nSPS) is 21.9. The molecule has 0 saturated carbocycles. The van der Waals surface area contributed by atoms with Crippen LogP contribution in [0.4, 0.5) is 4.79 Å². The first-order valence-corrected chi connectivity index (χ1v) is 5.60. The number of carbonyl (C=O) groups is 1. The molecule has 1 rings (SSSR count). The summed E-state index contributed by atoms with van der Waals surface area (Å²) in [6.45, 7) is 7.75. The third-order valence-electron chi connectivity index (χ3n) is 2.59. The van der Waals surface area contributed by atoms with Gasteiger partial charge in [-0.05, 0) is 39.5 Å². The molecule has 0 aromatic rings. The smallest absolute Gasteiger partial charge is 0.317 e. The fraction of sp³-hybridized carbons (Fsp3) is 0.909. The predicted octanol–water partition coefficient (Wildman–Crippen LogP) is 1.20. The van der Waals surface area contributed by atoms with Gasteiger partial charge in [-0.2, -0.15) is 0 Å². The molecular formula is C11H22N2O2. The van der Waals surface area contributed by atoms with Crippen molar-refractivity contribution in [3.05, 3.63) is 0 Å². The van der Waals surface area contributed by atoms with Gasteiger partial charge in [0.1, 0.15) is 0 Å². The van der Waals surface area contributed by atoms with Crippen LogP contribution in [0.25, 0.3) is 0 Å². The standard InChI is InChI=1S/C11H22N2O2/c1-11(2,3)12-10(15)13-6-4-9(8-13)5-7-14/h9,14H,4-8H2,1-3H3,(H,12,15). The quantitative estimate of drug-likeness (QED) is 0.725. The van der Waals surface area contributed by atoms with Crippen LogP contribution in [0.15, 0.2) is 0 Å². The summed E-state index contributed by atoms with van der Waals surface area (Å²) in [5.41, 5.74) is -0.174. The summed E-state index contributed by atoms with van der Waals surface area (Å²) in [6, 6.07) is 0.0166. The zero-order valence-electron chi connectivity index (χ0n) is 9.92. The van der Waals surface area contributed by atoms with Crippen molar-refractivity contribution in [3.8, 4) is 0 Å². The molecule has 2 N–H and O–H groups in total. The number of aliphatic hydroxyl groups is 1. The topological polar surface area (TPSA) is 52.6 Å². The molecule has 4 nitrogen and oxygen atoms in total. The lowest BCUT2D eigenvalue weighted by atomic mass is 10.1. The molecule has 0 aromatic heterocycles. The summed E-state index contributed by atoms with van der Waals surface area (Å²) < 4.78 is 0. The molecule has 0 spiro atoms. The van der Waals surface area contributed by atoms with E-state index in [0.717, 1.165) is 25.9 Å². The molecule has 0 aromatic carbocycles. The highest BCUT2D eigenvalue weighted by Gasteiger charge is 2.27. The Labute approximate surface area is 91.6 Å². The van der Waals surface area contributed by atoms with Gasteiger partial charge in [0.2, 0.25) is 0 Å². The maximum absolute atomic E-state index is 11.8. The van der Waals surface area contributed by atoms with Crippen molar-refractivity contribution in [1.82, 2.24) is 10.2 Å². The molecule has 1 aliphatic rings. The highest BCUT2D eigenvalue weighted by molar-refractivity contribution is 5.75. The van der Waals surface area contributed by atoms with Crippen LogP contribution in [0.1, 0.15) is 33.6 Å². The number of rotatable bonds is 2. The maximum atomic E-state index is 11.8. The third-order valence-corrected chi connectivity index (χ3v) is 2.59. The number of hydrogen-bond donors (Lipinski definition) is 2. The van der Waals surface area contributed by atoms with Crippen molar-refractivity contribution in [3.63, 3.8) is 0 Å². The molecule has 88 valence electrons. The van der Waals surface area contributed by atoms with Crippen molar-refractivity contribution < 1.29 is 9.90 Å². The first kappa shape index (κ1) is 12.3. The van der Waals surface area contributed by atoms with E-state index in [1.165, 1.54) is 0 Å². The van der Waals surface area contributed by atoms with Crippen LogP contribution in [-0.4, -0.2) is 41.3 Å². The number of urea groups is 1. The van der Waals surface area contributed by atoms with E-state index in [-0.39, 0.29) is 18.2 Å². The fourth-order valence-electron chi connectivity index (χ4n) is 1.84. The number of nitrogens with zero attached hydrogens (tertiary/aromatic N) is 1. The van der Waals surface area contributed by atoms with Crippen molar-refractivity contribution >= 4 is 6.03 Å². The van der Waals surface area contributed by atoms with Gasteiger partial charge in [-0.3, -0.25) is 0 Å². The molecule has 0 aliphatic carbocycles. The van der Waals surface area contributed by atoms with E-state index >= 15 is 0 Å². The number of aliphatic hydroxyl groups excluding tert-OH is 1. The Balaban J connectivity index is 2.37. The monoisotopic (exact) mass is 214 g/mol. The Hall–Kier alpha value is -0.770. The van der Waals surface area contributed by atoms with Gasteiger partial charge in [-0.15, -0.1) is 0 Å². The van der Waals surface area contributed by atoms with E-state index in [9.17, 15) is 4.79 Å². The number of likely N-dealkylation sites (tertiary alicyclic amines) is 1. The van der Waals surface area contributed by atoms with Crippen molar-refractivity contribution in [1.29, 1.82) is 0 Å². The van der Waals surface area contributed by atoms with Crippen LogP contribution in [0.2, 0.25) is 0 Å². The lowest BCUT2D eigenvalue weighted by molar-refractivity contribution is 0.195. The second kappa shape index (κ2) is 4.84. The first-order chi connectivity index (χ1) is 6.92. The van der Waals surface area contributed by atoms with E-state index in [2.05, 4.69) is 5.32 Å². The highest BCUT2D eigenvalue weighted by Crippen LogP contribution is 2.19. The fourth-order valence-corrected chi connectivity index (χ4v) is 1.84. The average molecular weight is 214 g/mol. The second-order valence-electron chi connectivity index (χ2n) is 5.29. The predicted molar refractivity (Wildman–Crippen MR) is 59.7 cm³/mol. The minimum Gasteiger partial charge on any atom is -0.396 e. The number of amides is 2. The number of hydrogen-bond acceptors (Lipinski definition) is 2. The average Bonchev–Trinajstić information content (AvgIpc) is 2.50. The molecule has 1 aliphatic heterocycles. The number of nitrogens with one attached hydrogen (secondary N) is 1. The van der Waals surface area contributed by atoms with Crippen molar-refractivity contribution in [2.24, 2.45) is 5.92 Å². The van der Waals surface area contributed by atoms with Gasteiger partial charge in [0.15, 0.2) is 0 Å². The van der Waals surface area contributed by atoms with Crippen LogP contribution in [0, 0.1) is 5.92 Å². The zero-order valence-corrected chi connectivity index (χ0v) is 9.92. The minimum atomic E-state index is -0.174. The van der Waals surface area contributed by atoms with Crippen LogP contribution in [0.5, 0.6) is 0 Å². The van der Waals surface area contributed by atoms with Gasteiger partial charge >= 0.3 is 6.03 Å². The van der Waals surface area contributed by atoms with Gasteiger partial charge in [0.05, 0.1) is 0 Å². The molecule has 0 bridgehead atoms. The molecule has 1 atom stereocenters. The minimum absolute atomic E-state index is 0.0166. The molecular weight excluding hydrogens is 192 g/mol. The van der Waals surface area contributed by atoms with Crippen LogP contribution in [0.3, 0.4) is 0 Å². The van der Waals surface area contributed by atoms with Gasteiger partial charge in [0.25, 0.3) is 0 Å². The van der Waals surface area contributed by atoms with Crippen molar-refractivity contribution in [2.75, 3.05) is 19.7 Å². The largest absolute Gasteiger partial charge is 0.396 e. The molecule has 4 heteroatoms. The first-order valence-electron chi connectivity index (χ1n) is 5.60. The summed E-state index contributed by atoms with van der Waals surface area (Å²) in [6.07, 6.45) is 1.82. The summed E-state index contributed by atoms with van der Waals surface area (Å²) in [7, 11) is 0. The molecule has 1 heterocycles. The molecule has 1 saturated heterocycles. The summed E-state index contributed by atoms with van der Waals surface area (Å²) in [5.74, 6) is 0.473. The molecule has 15 heavy (non-hydrogen) atoms. The third kappa shape index (κ3) is 4.08. The highest BCUT2D eigenvalue weighted by atomic mass is 16.3. The van der Waals surface area contributed by atoms with E-state index < -0.39 is 0 Å². The lowest BCUT2D eigenvalue weighted by Gasteiger charge is -2.25. The summed E-state index contributed by atoms with van der Waals surface area (Å²) in [5, 5.41) is 11.8. The van der Waals surface area contributed by atoms with Gasteiger partial charge in [0, 0.05) is 25.2 Å². The molecule has 1 fully saturated rings. The number of carbonyl (C=O) groups excluding carboxylic acids is 1. The Morgan fingerprint density at radius 1 is 1.53 bits per heavy atom. The van der Waals surface area contributed by atoms with Crippen LogP contribution in [-0.2, 0) is 0 Å². The molecule has 1 unspecified atom stereocenters. The zero-order chi connectivity index (χ0) is 11.5. The Morgan fingerprint density at radius 3 is 2.73 bits per heavy atom. The van der Waals surface area contributed by atoms with Gasteiger partial charge in [-0.25, -0.2) is 4.79 Å². The molecule has 2 amide bonds. The van der Waals surface area contributed by atoms with E-state index in [1.807, 2.05) is 25.7 Å². The Kier molecular flexibility index (Phi) is 3.97. The summed E-state index contributed by atoms with van der Waals surface area (Å²) >= 11 is 0. The van der Waals surface area contributed by atoms with Gasteiger partial charge < -0.3 is 15.3 Å². The lowest BCUT2D eigenvalue weighted by Crippen LogP contribution is -2.47. The Bertz CT molecular complexity index is 223. The van der Waals surface area contributed by atoms with Gasteiger partial charge in [-0.1, -0.05) is 0 Å². The Morgan fingerprint density at radius 2 is 2.20 bits per heavy atom. The maximum Gasteiger partial charge on any atom is 0.317 e. The van der Waals surface area contributed by atoms with E-state index in [4.69, 9.17) is 5.11 Å². The van der Waals surface area contributed by atoms with E-state index in [0.29, 0.717) is 5.92 Å². The molecule has 0 radical (unpaired) electrons. The van der Waals surface area contributed by atoms with Crippen molar-refractivity contribution in [2.45, 2.75) is 39.2 Å².